The molecule has 1 unspecified atom stereocenters. The summed E-state index contributed by atoms with van der Waals surface area (Å²) in [6, 6.07) is 10.6. The highest BCUT2D eigenvalue weighted by Crippen LogP contribution is 2.37. The van der Waals surface area contributed by atoms with E-state index in [0.29, 0.717) is 12.5 Å². The number of anilines is 1. The van der Waals surface area contributed by atoms with Crippen molar-refractivity contribution in [3.8, 4) is 0 Å². The lowest BCUT2D eigenvalue weighted by Gasteiger charge is -2.26. The summed E-state index contributed by atoms with van der Waals surface area (Å²) in [7, 11) is 0. The predicted octanol–water partition coefficient (Wildman–Crippen LogP) is 3.70. The van der Waals surface area contributed by atoms with E-state index in [4.69, 9.17) is 5.73 Å². The van der Waals surface area contributed by atoms with E-state index in [1.54, 1.807) is 11.3 Å². The minimum atomic E-state index is 0.191. The Bertz CT molecular complexity index is 635. The van der Waals surface area contributed by atoms with E-state index < -0.39 is 0 Å². The molecule has 0 saturated heterocycles. The number of nitrogens with two attached hydrogens (primary N) is 1. The zero-order valence-electron chi connectivity index (χ0n) is 10.5. The average molecular weight is 336 g/mol. The van der Waals surface area contributed by atoms with Gasteiger partial charge in [-0.1, -0.05) is 12.1 Å². The smallest absolute Gasteiger partial charge is 0.196 e. The van der Waals surface area contributed by atoms with Gasteiger partial charge in [-0.05, 0) is 52.0 Å². The van der Waals surface area contributed by atoms with Crippen molar-refractivity contribution in [1.29, 1.82) is 0 Å². The van der Waals surface area contributed by atoms with Gasteiger partial charge in [0.05, 0.1) is 12.6 Å². The van der Waals surface area contributed by atoms with E-state index in [1.807, 2.05) is 0 Å². The molecule has 2 heterocycles. The van der Waals surface area contributed by atoms with E-state index in [2.05, 4.69) is 68.5 Å². The van der Waals surface area contributed by atoms with Crippen LogP contribution >= 0.6 is 27.3 Å². The normalized spacial score (nSPS) is 18.7. The first kappa shape index (κ1) is 12.7. The number of halogens is 1. The highest BCUT2D eigenvalue weighted by molar-refractivity contribution is 9.10. The minimum Gasteiger partial charge on any atom is -0.369 e. The van der Waals surface area contributed by atoms with E-state index >= 15 is 0 Å². The molecule has 0 radical (unpaired) electrons. The van der Waals surface area contributed by atoms with Crippen molar-refractivity contribution in [3.63, 3.8) is 0 Å². The molecular formula is C14H14BrN3S. The SMILES string of the molecule is Cc1cccc(N2C(N)=NCC2c2sccc2Br)c1. The van der Waals surface area contributed by atoms with Gasteiger partial charge < -0.3 is 10.6 Å². The van der Waals surface area contributed by atoms with Gasteiger partial charge in [0.15, 0.2) is 5.96 Å². The zero-order chi connectivity index (χ0) is 13.4. The van der Waals surface area contributed by atoms with Crippen LogP contribution in [0.15, 0.2) is 45.2 Å². The fourth-order valence-corrected chi connectivity index (χ4v) is 4.05. The molecule has 2 N–H and O–H groups in total. The largest absolute Gasteiger partial charge is 0.369 e. The first-order chi connectivity index (χ1) is 9.16. The molecule has 19 heavy (non-hydrogen) atoms. The van der Waals surface area contributed by atoms with Crippen molar-refractivity contribution < 1.29 is 0 Å². The molecule has 1 aliphatic rings. The predicted molar refractivity (Wildman–Crippen MR) is 84.9 cm³/mol. The number of thiophene rings is 1. The summed E-state index contributed by atoms with van der Waals surface area (Å²) in [6.45, 7) is 2.79. The molecule has 1 aromatic carbocycles. The zero-order valence-corrected chi connectivity index (χ0v) is 12.9. The molecule has 3 rings (SSSR count). The fraction of sp³-hybridized carbons (Fsp3) is 0.214. The van der Waals surface area contributed by atoms with Crippen LogP contribution < -0.4 is 10.6 Å². The highest BCUT2D eigenvalue weighted by Gasteiger charge is 2.30. The maximum atomic E-state index is 6.07. The maximum Gasteiger partial charge on any atom is 0.196 e. The Morgan fingerprint density at radius 2 is 2.26 bits per heavy atom. The molecule has 3 nitrogen and oxygen atoms in total. The topological polar surface area (TPSA) is 41.6 Å². The number of rotatable bonds is 2. The lowest BCUT2D eigenvalue weighted by atomic mass is 10.1. The van der Waals surface area contributed by atoms with Crippen LogP contribution in [0.1, 0.15) is 16.5 Å². The molecule has 1 aromatic heterocycles. The van der Waals surface area contributed by atoms with Crippen LogP contribution in [0.25, 0.3) is 0 Å². The van der Waals surface area contributed by atoms with Crippen LogP contribution in [0.4, 0.5) is 5.69 Å². The molecular weight excluding hydrogens is 322 g/mol. The van der Waals surface area contributed by atoms with Gasteiger partial charge in [0.2, 0.25) is 0 Å². The Kier molecular flexibility index (Phi) is 3.33. The van der Waals surface area contributed by atoms with Crippen LogP contribution in [0.2, 0.25) is 0 Å². The van der Waals surface area contributed by atoms with Crippen LogP contribution in [0.5, 0.6) is 0 Å². The maximum absolute atomic E-state index is 6.07. The molecule has 0 saturated carbocycles. The average Bonchev–Trinajstić information content (AvgIpc) is 2.95. The lowest BCUT2D eigenvalue weighted by Crippen LogP contribution is -2.35. The second kappa shape index (κ2) is 4.98. The minimum absolute atomic E-state index is 0.191. The molecule has 0 bridgehead atoms. The first-order valence-corrected chi connectivity index (χ1v) is 7.73. The molecule has 0 amide bonds. The number of benzene rings is 1. The van der Waals surface area contributed by atoms with Crippen molar-refractivity contribution in [1.82, 2.24) is 0 Å². The molecule has 0 aliphatic carbocycles. The quantitative estimate of drug-likeness (QED) is 0.909. The monoisotopic (exact) mass is 335 g/mol. The Hall–Kier alpha value is -1.33. The second-order valence-electron chi connectivity index (χ2n) is 4.56. The van der Waals surface area contributed by atoms with Crippen molar-refractivity contribution in [2.24, 2.45) is 10.7 Å². The van der Waals surface area contributed by atoms with Crippen LogP contribution in [-0.2, 0) is 0 Å². The first-order valence-electron chi connectivity index (χ1n) is 6.05. The molecule has 2 aromatic rings. The molecule has 0 spiro atoms. The number of aryl methyl sites for hydroxylation is 1. The lowest BCUT2D eigenvalue weighted by molar-refractivity contribution is 0.781. The standard InChI is InChI=1S/C14H14BrN3S/c1-9-3-2-4-10(7-9)18-12(8-17-14(18)16)13-11(15)5-6-19-13/h2-7,12H,8H2,1H3,(H2,16,17). The Labute approximate surface area is 124 Å². The number of nitrogens with zero attached hydrogens (tertiary/aromatic N) is 2. The summed E-state index contributed by atoms with van der Waals surface area (Å²) in [5.41, 5.74) is 8.40. The van der Waals surface area contributed by atoms with Gasteiger partial charge in [-0.15, -0.1) is 11.3 Å². The summed E-state index contributed by atoms with van der Waals surface area (Å²) in [5.74, 6) is 0.593. The Morgan fingerprint density at radius 3 is 2.95 bits per heavy atom. The van der Waals surface area contributed by atoms with Gasteiger partial charge in [0.1, 0.15) is 0 Å². The van der Waals surface area contributed by atoms with Gasteiger partial charge in [-0.2, -0.15) is 0 Å². The molecule has 98 valence electrons. The summed E-state index contributed by atoms with van der Waals surface area (Å²) in [4.78, 5) is 7.79. The Balaban J connectivity index is 2.02. The van der Waals surface area contributed by atoms with Crippen molar-refractivity contribution >= 4 is 38.9 Å². The van der Waals surface area contributed by atoms with Crippen molar-refractivity contribution in [2.75, 3.05) is 11.4 Å². The summed E-state index contributed by atoms with van der Waals surface area (Å²) < 4.78 is 1.13. The molecule has 5 heteroatoms. The van der Waals surface area contributed by atoms with Gasteiger partial charge in [-0.25, -0.2) is 0 Å². The number of guanidine groups is 1. The summed E-state index contributed by atoms with van der Waals surface area (Å²) >= 11 is 5.34. The summed E-state index contributed by atoms with van der Waals surface area (Å²) in [5, 5.41) is 2.09. The van der Waals surface area contributed by atoms with Crippen LogP contribution in [0, 0.1) is 6.92 Å². The van der Waals surface area contributed by atoms with Gasteiger partial charge in [-0.3, -0.25) is 4.99 Å². The Morgan fingerprint density at radius 1 is 1.42 bits per heavy atom. The van der Waals surface area contributed by atoms with Crippen LogP contribution in [-0.4, -0.2) is 12.5 Å². The van der Waals surface area contributed by atoms with E-state index in [1.165, 1.54) is 10.4 Å². The van der Waals surface area contributed by atoms with E-state index in [-0.39, 0.29) is 6.04 Å². The number of hydrogen-bond donors (Lipinski definition) is 1. The molecule has 0 fully saturated rings. The molecule has 1 aliphatic heterocycles. The number of aliphatic imine (C=N–C) groups is 1. The highest BCUT2D eigenvalue weighted by atomic mass is 79.9. The van der Waals surface area contributed by atoms with Crippen molar-refractivity contribution in [2.45, 2.75) is 13.0 Å². The third kappa shape index (κ3) is 2.28. The third-order valence-corrected chi connectivity index (χ3v) is 5.18. The summed E-state index contributed by atoms with van der Waals surface area (Å²) in [6.07, 6.45) is 0. The number of hydrogen-bond acceptors (Lipinski definition) is 4. The van der Waals surface area contributed by atoms with E-state index in [0.717, 1.165) is 10.2 Å². The van der Waals surface area contributed by atoms with Crippen molar-refractivity contribution in [3.05, 3.63) is 50.6 Å². The van der Waals surface area contributed by atoms with Gasteiger partial charge >= 0.3 is 0 Å². The van der Waals surface area contributed by atoms with E-state index in [9.17, 15) is 0 Å². The van der Waals surface area contributed by atoms with Gasteiger partial charge in [0, 0.05) is 15.0 Å². The third-order valence-electron chi connectivity index (χ3n) is 3.21. The fourth-order valence-electron chi connectivity index (χ4n) is 2.33. The van der Waals surface area contributed by atoms with Gasteiger partial charge in [0.25, 0.3) is 0 Å². The van der Waals surface area contributed by atoms with Crippen LogP contribution in [0.3, 0.4) is 0 Å². The second-order valence-corrected chi connectivity index (χ2v) is 6.36. The molecule has 1 atom stereocenters.